The number of pyridine rings is 1. The van der Waals surface area contributed by atoms with Crippen molar-refractivity contribution in [1.82, 2.24) is 24.2 Å². The van der Waals surface area contributed by atoms with Gasteiger partial charge in [0, 0.05) is 44.4 Å². The predicted octanol–water partition coefficient (Wildman–Crippen LogP) is 0.872. The zero-order valence-electron chi connectivity index (χ0n) is 12.4. The monoisotopic (exact) mass is 321 g/mol. The minimum Gasteiger partial charge on any atom is -0.347 e. The maximum Gasteiger partial charge on any atom is 0.244 e. The van der Waals surface area contributed by atoms with E-state index in [0.29, 0.717) is 19.6 Å². The molecule has 3 rings (SSSR count). The summed E-state index contributed by atoms with van der Waals surface area (Å²) in [5.41, 5.74) is 0. The molecular formula is C14H19N5O2S. The van der Waals surface area contributed by atoms with Gasteiger partial charge in [0.2, 0.25) is 10.0 Å². The van der Waals surface area contributed by atoms with Crippen molar-refractivity contribution in [1.29, 1.82) is 0 Å². The van der Waals surface area contributed by atoms with Crippen LogP contribution in [0.1, 0.15) is 18.8 Å². The van der Waals surface area contributed by atoms with Crippen molar-refractivity contribution in [3.8, 4) is 0 Å². The molecule has 118 valence electrons. The first-order valence-electron chi connectivity index (χ1n) is 7.26. The first-order chi connectivity index (χ1) is 10.6. The van der Waals surface area contributed by atoms with E-state index >= 15 is 0 Å². The van der Waals surface area contributed by atoms with E-state index in [-0.39, 0.29) is 10.9 Å². The van der Waals surface area contributed by atoms with Gasteiger partial charge in [0.05, 0.1) is 6.04 Å². The third-order valence-electron chi connectivity index (χ3n) is 3.97. The van der Waals surface area contributed by atoms with Crippen LogP contribution in [0.4, 0.5) is 0 Å². The van der Waals surface area contributed by atoms with Crippen LogP contribution in [0.25, 0.3) is 0 Å². The summed E-state index contributed by atoms with van der Waals surface area (Å²) in [6, 6.07) is 3.16. The minimum atomic E-state index is -3.52. The Kier molecular flexibility index (Phi) is 4.23. The highest BCUT2D eigenvalue weighted by Gasteiger charge is 2.35. The van der Waals surface area contributed by atoms with E-state index in [1.807, 2.05) is 0 Å². The molecule has 0 radical (unpaired) electrons. The number of rotatable bonds is 4. The second-order valence-corrected chi connectivity index (χ2v) is 7.11. The maximum atomic E-state index is 12.7. The summed E-state index contributed by atoms with van der Waals surface area (Å²) in [5, 5.41) is 0. The van der Waals surface area contributed by atoms with Crippen LogP contribution in [0.2, 0.25) is 0 Å². The number of nitrogens with one attached hydrogen (secondary N) is 1. The molecule has 0 saturated carbocycles. The Morgan fingerprint density at radius 2 is 2.23 bits per heavy atom. The van der Waals surface area contributed by atoms with Gasteiger partial charge < -0.3 is 4.98 Å². The molecular weight excluding hydrogens is 302 g/mol. The van der Waals surface area contributed by atoms with Gasteiger partial charge in [0.25, 0.3) is 0 Å². The van der Waals surface area contributed by atoms with Gasteiger partial charge in [-0.2, -0.15) is 4.31 Å². The van der Waals surface area contributed by atoms with Gasteiger partial charge in [-0.15, -0.1) is 0 Å². The first kappa shape index (κ1) is 15.1. The SMILES string of the molecule is CCN1CCN(S(=O)(=O)c2cccnc2)C[C@H]1c1ncc[nH]1. The first-order valence-corrected chi connectivity index (χ1v) is 8.70. The Morgan fingerprint density at radius 3 is 2.86 bits per heavy atom. The number of piperazine rings is 1. The van der Waals surface area contributed by atoms with Crippen LogP contribution in [0.15, 0.2) is 41.8 Å². The normalized spacial score (nSPS) is 21.0. The van der Waals surface area contributed by atoms with E-state index in [1.54, 1.807) is 30.7 Å². The Morgan fingerprint density at radius 1 is 1.36 bits per heavy atom. The largest absolute Gasteiger partial charge is 0.347 e. The maximum absolute atomic E-state index is 12.7. The number of hydrogen-bond acceptors (Lipinski definition) is 5. The van der Waals surface area contributed by atoms with Crippen LogP contribution < -0.4 is 0 Å². The van der Waals surface area contributed by atoms with Crippen molar-refractivity contribution >= 4 is 10.0 Å². The molecule has 0 aliphatic carbocycles. The summed E-state index contributed by atoms with van der Waals surface area (Å²) in [7, 11) is -3.52. The number of nitrogens with zero attached hydrogens (tertiary/aromatic N) is 4. The van der Waals surface area contributed by atoms with E-state index in [4.69, 9.17) is 0 Å². The zero-order valence-corrected chi connectivity index (χ0v) is 13.2. The molecule has 0 unspecified atom stereocenters. The standard InChI is InChI=1S/C14H19N5O2S/c1-2-18-8-9-19(11-13(18)14-16-6-7-17-14)22(20,21)12-4-3-5-15-10-12/h3-7,10,13H,2,8-9,11H2,1H3,(H,16,17)/t13-/m0/s1. The van der Waals surface area contributed by atoms with Crippen molar-refractivity contribution in [2.75, 3.05) is 26.2 Å². The van der Waals surface area contributed by atoms with Gasteiger partial charge in [0.1, 0.15) is 10.7 Å². The van der Waals surface area contributed by atoms with Crippen molar-refractivity contribution < 1.29 is 8.42 Å². The molecule has 2 aromatic heterocycles. The van der Waals surface area contributed by atoms with Crippen LogP contribution in [-0.4, -0.2) is 58.8 Å². The van der Waals surface area contributed by atoms with E-state index in [2.05, 4.69) is 26.8 Å². The molecule has 0 aromatic carbocycles. The molecule has 1 saturated heterocycles. The molecule has 3 heterocycles. The summed E-state index contributed by atoms with van der Waals surface area (Å²) in [4.78, 5) is 13.8. The number of aromatic amines is 1. The van der Waals surface area contributed by atoms with E-state index < -0.39 is 10.0 Å². The topological polar surface area (TPSA) is 82.2 Å². The van der Waals surface area contributed by atoms with Crippen molar-refractivity contribution in [3.63, 3.8) is 0 Å². The number of imidazole rings is 1. The molecule has 1 aliphatic heterocycles. The number of hydrogen-bond donors (Lipinski definition) is 1. The fourth-order valence-corrected chi connectivity index (χ4v) is 4.16. The van der Waals surface area contributed by atoms with Crippen molar-refractivity contribution in [3.05, 3.63) is 42.7 Å². The Hall–Kier alpha value is -1.77. The van der Waals surface area contributed by atoms with Gasteiger partial charge >= 0.3 is 0 Å². The van der Waals surface area contributed by atoms with E-state index in [0.717, 1.165) is 12.4 Å². The lowest BCUT2D eigenvalue weighted by Gasteiger charge is -2.39. The summed E-state index contributed by atoms with van der Waals surface area (Å²) >= 11 is 0. The lowest BCUT2D eigenvalue weighted by atomic mass is 10.2. The highest BCUT2D eigenvalue weighted by atomic mass is 32.2. The third-order valence-corrected chi connectivity index (χ3v) is 5.82. The molecule has 1 atom stereocenters. The predicted molar refractivity (Wildman–Crippen MR) is 81.6 cm³/mol. The third kappa shape index (κ3) is 2.77. The van der Waals surface area contributed by atoms with Crippen LogP contribution >= 0.6 is 0 Å². The van der Waals surface area contributed by atoms with Crippen molar-refractivity contribution in [2.24, 2.45) is 0 Å². The van der Waals surface area contributed by atoms with Gasteiger partial charge in [-0.1, -0.05) is 6.92 Å². The molecule has 0 spiro atoms. The number of sulfonamides is 1. The summed E-state index contributed by atoms with van der Waals surface area (Å²) in [6.07, 6.45) is 6.42. The second-order valence-electron chi connectivity index (χ2n) is 5.17. The Bertz CT molecular complexity index is 702. The molecule has 1 N–H and O–H groups in total. The molecule has 1 aliphatic rings. The highest BCUT2D eigenvalue weighted by molar-refractivity contribution is 7.89. The average molecular weight is 321 g/mol. The zero-order chi connectivity index (χ0) is 15.6. The minimum absolute atomic E-state index is 0.0554. The molecule has 22 heavy (non-hydrogen) atoms. The molecule has 1 fully saturated rings. The molecule has 2 aromatic rings. The van der Waals surface area contributed by atoms with Gasteiger partial charge in [0.15, 0.2) is 0 Å². The lowest BCUT2D eigenvalue weighted by molar-refractivity contribution is 0.119. The smallest absolute Gasteiger partial charge is 0.244 e. The van der Waals surface area contributed by atoms with E-state index in [1.165, 1.54) is 10.5 Å². The Balaban J connectivity index is 1.87. The lowest BCUT2D eigenvalue weighted by Crippen LogP contribution is -2.50. The molecule has 0 amide bonds. The fourth-order valence-electron chi connectivity index (χ4n) is 2.76. The second kappa shape index (κ2) is 6.15. The summed E-state index contributed by atoms with van der Waals surface area (Å²) < 4.78 is 27.0. The molecule has 8 heteroatoms. The quantitative estimate of drug-likeness (QED) is 0.903. The van der Waals surface area contributed by atoms with Crippen molar-refractivity contribution in [2.45, 2.75) is 17.9 Å². The van der Waals surface area contributed by atoms with Crippen LogP contribution in [0.5, 0.6) is 0 Å². The number of likely N-dealkylation sites (N-methyl/N-ethyl adjacent to an activating group) is 1. The van der Waals surface area contributed by atoms with E-state index in [9.17, 15) is 8.42 Å². The van der Waals surface area contributed by atoms with Gasteiger partial charge in [-0.25, -0.2) is 13.4 Å². The van der Waals surface area contributed by atoms with Crippen LogP contribution in [0, 0.1) is 0 Å². The van der Waals surface area contributed by atoms with Crippen LogP contribution in [0.3, 0.4) is 0 Å². The van der Waals surface area contributed by atoms with Gasteiger partial charge in [-0.05, 0) is 18.7 Å². The van der Waals surface area contributed by atoms with Crippen LogP contribution in [-0.2, 0) is 10.0 Å². The summed E-state index contributed by atoms with van der Waals surface area (Å²) in [5.74, 6) is 0.799. The highest BCUT2D eigenvalue weighted by Crippen LogP contribution is 2.26. The molecule has 7 nitrogen and oxygen atoms in total. The number of aromatic nitrogens is 3. The molecule has 0 bridgehead atoms. The average Bonchev–Trinajstić information content (AvgIpc) is 3.09. The van der Waals surface area contributed by atoms with Gasteiger partial charge in [-0.3, -0.25) is 9.88 Å². The fraction of sp³-hybridized carbons (Fsp3) is 0.429. The number of H-pyrrole nitrogens is 1. The summed E-state index contributed by atoms with van der Waals surface area (Å²) in [6.45, 7) is 4.47. The Labute approximate surface area is 130 Å².